The molecule has 1 aliphatic heterocycles. The van der Waals surface area contributed by atoms with Crippen molar-refractivity contribution in [3.8, 4) is 6.07 Å². The van der Waals surface area contributed by atoms with Crippen LogP contribution in [0.25, 0.3) is 6.08 Å². The molecule has 7 nitrogen and oxygen atoms in total. The molecule has 7 heteroatoms. The second-order valence-electron chi connectivity index (χ2n) is 8.53. The number of nitrogens with one attached hydrogen (secondary N) is 1. The van der Waals surface area contributed by atoms with Crippen LogP contribution in [0.4, 0.5) is 5.69 Å². The van der Waals surface area contributed by atoms with E-state index in [1.165, 1.54) is 4.90 Å². The molecule has 1 aromatic carbocycles. The predicted molar refractivity (Wildman–Crippen MR) is 122 cm³/mol. The van der Waals surface area contributed by atoms with Crippen molar-refractivity contribution in [1.82, 2.24) is 9.47 Å². The average molecular weight is 433 g/mol. The minimum absolute atomic E-state index is 0.0205. The van der Waals surface area contributed by atoms with Crippen LogP contribution >= 0.6 is 0 Å². The SMILES string of the molecule is Cc1cc(/C=C(\C#N)C(=O)Nc2ccc(CN3C(=O)CCC3=O)cc2)c(C)n1CC(C)C. The normalized spacial score (nSPS) is 14.2. The van der Waals surface area contributed by atoms with Crippen molar-refractivity contribution in [2.75, 3.05) is 5.32 Å². The monoisotopic (exact) mass is 432 g/mol. The van der Waals surface area contributed by atoms with Crippen LogP contribution in [0.15, 0.2) is 35.9 Å². The number of carbonyl (C=O) groups excluding carboxylic acids is 3. The van der Waals surface area contributed by atoms with Crippen molar-refractivity contribution < 1.29 is 14.4 Å². The number of benzene rings is 1. The van der Waals surface area contributed by atoms with Crippen LogP contribution in [0.1, 0.15) is 49.2 Å². The van der Waals surface area contributed by atoms with Crippen LogP contribution in [-0.4, -0.2) is 27.2 Å². The number of imide groups is 1. The summed E-state index contributed by atoms with van der Waals surface area (Å²) in [6, 6.07) is 10.9. The van der Waals surface area contributed by atoms with E-state index in [4.69, 9.17) is 0 Å². The Balaban J connectivity index is 1.71. The van der Waals surface area contributed by atoms with Gasteiger partial charge < -0.3 is 9.88 Å². The predicted octanol–water partition coefficient (Wildman–Crippen LogP) is 3.96. The smallest absolute Gasteiger partial charge is 0.266 e. The number of hydrogen-bond acceptors (Lipinski definition) is 4. The molecule has 32 heavy (non-hydrogen) atoms. The Bertz CT molecular complexity index is 1100. The number of hydrogen-bond donors (Lipinski definition) is 1. The van der Waals surface area contributed by atoms with Gasteiger partial charge in [-0.25, -0.2) is 0 Å². The summed E-state index contributed by atoms with van der Waals surface area (Å²) in [6.45, 7) is 9.40. The molecule has 166 valence electrons. The number of carbonyl (C=O) groups is 3. The molecule has 2 aromatic rings. The highest BCUT2D eigenvalue weighted by Crippen LogP contribution is 2.21. The van der Waals surface area contributed by atoms with Crippen molar-refractivity contribution in [3.63, 3.8) is 0 Å². The molecule has 0 saturated carbocycles. The number of aromatic nitrogens is 1. The molecule has 3 amide bonds. The summed E-state index contributed by atoms with van der Waals surface area (Å²) in [6.07, 6.45) is 2.14. The topological polar surface area (TPSA) is 95.2 Å². The summed E-state index contributed by atoms with van der Waals surface area (Å²) in [5, 5.41) is 12.3. The average Bonchev–Trinajstić information content (AvgIpc) is 3.20. The van der Waals surface area contributed by atoms with Gasteiger partial charge in [-0.05, 0) is 55.2 Å². The van der Waals surface area contributed by atoms with E-state index in [9.17, 15) is 19.6 Å². The van der Waals surface area contributed by atoms with Gasteiger partial charge in [-0.2, -0.15) is 5.26 Å². The molecule has 3 rings (SSSR count). The molecule has 1 saturated heterocycles. The van der Waals surface area contributed by atoms with E-state index in [-0.39, 0.29) is 36.8 Å². The van der Waals surface area contributed by atoms with E-state index >= 15 is 0 Å². The van der Waals surface area contributed by atoms with Crippen molar-refractivity contribution in [2.45, 2.75) is 53.6 Å². The molecule has 0 atom stereocenters. The number of rotatable bonds is 7. The number of aryl methyl sites for hydroxylation is 1. The highest BCUT2D eigenvalue weighted by Gasteiger charge is 2.28. The van der Waals surface area contributed by atoms with Crippen LogP contribution in [0.3, 0.4) is 0 Å². The molecule has 1 fully saturated rings. The molecular weight excluding hydrogens is 404 g/mol. The van der Waals surface area contributed by atoms with Gasteiger partial charge in [0, 0.05) is 36.5 Å². The van der Waals surface area contributed by atoms with Crippen LogP contribution in [0.5, 0.6) is 0 Å². The largest absolute Gasteiger partial charge is 0.348 e. The van der Waals surface area contributed by atoms with Gasteiger partial charge in [0.05, 0.1) is 6.54 Å². The lowest BCUT2D eigenvalue weighted by Gasteiger charge is -2.14. The number of likely N-dealkylation sites (tertiary alicyclic amines) is 1. The van der Waals surface area contributed by atoms with Gasteiger partial charge in [0.1, 0.15) is 11.6 Å². The fourth-order valence-electron chi connectivity index (χ4n) is 3.80. The third-order valence-electron chi connectivity index (χ3n) is 5.53. The lowest BCUT2D eigenvalue weighted by molar-refractivity contribution is -0.139. The molecule has 0 radical (unpaired) electrons. The highest BCUT2D eigenvalue weighted by atomic mass is 16.2. The maximum atomic E-state index is 12.7. The molecule has 0 aliphatic carbocycles. The van der Waals surface area contributed by atoms with Crippen LogP contribution < -0.4 is 5.32 Å². The molecule has 0 spiro atoms. The van der Waals surface area contributed by atoms with E-state index in [0.717, 1.165) is 29.1 Å². The van der Waals surface area contributed by atoms with E-state index in [1.54, 1.807) is 30.3 Å². The second kappa shape index (κ2) is 9.65. The lowest BCUT2D eigenvalue weighted by Crippen LogP contribution is -2.28. The first-order chi connectivity index (χ1) is 15.2. The molecule has 0 bridgehead atoms. The van der Waals surface area contributed by atoms with Crippen molar-refractivity contribution in [3.05, 3.63) is 58.4 Å². The molecular formula is C25H28N4O3. The minimum Gasteiger partial charge on any atom is -0.348 e. The summed E-state index contributed by atoms with van der Waals surface area (Å²) >= 11 is 0. The van der Waals surface area contributed by atoms with Gasteiger partial charge in [0.25, 0.3) is 5.91 Å². The standard InChI is InChI=1S/C25H28N4O3/c1-16(2)14-28-17(3)11-20(18(28)4)12-21(13-26)25(32)27-22-7-5-19(6-8-22)15-29-23(30)9-10-24(29)31/h5-8,11-12,16H,9-10,14-15H2,1-4H3,(H,27,32)/b21-12+. The zero-order valence-electron chi connectivity index (χ0n) is 18.9. The van der Waals surface area contributed by atoms with Gasteiger partial charge >= 0.3 is 0 Å². The first-order valence-corrected chi connectivity index (χ1v) is 10.7. The number of amides is 3. The Labute approximate surface area is 188 Å². The number of nitriles is 1. The van der Waals surface area contributed by atoms with Crippen LogP contribution in [0.2, 0.25) is 0 Å². The van der Waals surface area contributed by atoms with Gasteiger partial charge in [-0.1, -0.05) is 26.0 Å². The van der Waals surface area contributed by atoms with Crippen molar-refractivity contribution in [1.29, 1.82) is 5.26 Å². The van der Waals surface area contributed by atoms with Crippen molar-refractivity contribution >= 4 is 29.5 Å². The van der Waals surface area contributed by atoms with Crippen LogP contribution in [0, 0.1) is 31.1 Å². The molecule has 1 aliphatic rings. The zero-order chi connectivity index (χ0) is 23.4. The van der Waals surface area contributed by atoms with Gasteiger partial charge in [-0.3, -0.25) is 19.3 Å². The van der Waals surface area contributed by atoms with Gasteiger partial charge in [0.15, 0.2) is 0 Å². The van der Waals surface area contributed by atoms with E-state index < -0.39 is 5.91 Å². The number of nitrogens with zero attached hydrogens (tertiary/aromatic N) is 3. The molecule has 1 N–H and O–H groups in total. The summed E-state index contributed by atoms with van der Waals surface area (Å²) in [5.41, 5.74) is 4.31. The highest BCUT2D eigenvalue weighted by molar-refractivity contribution is 6.09. The fraction of sp³-hybridized carbons (Fsp3) is 0.360. The third kappa shape index (κ3) is 5.14. The van der Waals surface area contributed by atoms with Crippen LogP contribution in [-0.2, 0) is 27.5 Å². The molecule has 2 heterocycles. The first kappa shape index (κ1) is 23.0. The Hall–Kier alpha value is -3.66. The van der Waals surface area contributed by atoms with Gasteiger partial charge in [-0.15, -0.1) is 0 Å². The fourth-order valence-corrected chi connectivity index (χ4v) is 3.80. The maximum absolute atomic E-state index is 12.7. The second-order valence-corrected chi connectivity index (χ2v) is 8.53. The number of anilines is 1. The first-order valence-electron chi connectivity index (χ1n) is 10.7. The Morgan fingerprint density at radius 1 is 1.16 bits per heavy atom. The summed E-state index contributed by atoms with van der Waals surface area (Å²) < 4.78 is 2.19. The Morgan fingerprint density at radius 3 is 2.34 bits per heavy atom. The molecule has 1 aromatic heterocycles. The zero-order valence-corrected chi connectivity index (χ0v) is 18.9. The van der Waals surface area contributed by atoms with Crippen molar-refractivity contribution in [2.24, 2.45) is 5.92 Å². The molecule has 0 unspecified atom stereocenters. The van der Waals surface area contributed by atoms with E-state index in [1.807, 2.05) is 26.0 Å². The van der Waals surface area contributed by atoms with E-state index in [0.29, 0.717) is 11.6 Å². The Morgan fingerprint density at radius 2 is 1.78 bits per heavy atom. The lowest BCUT2D eigenvalue weighted by atomic mass is 10.1. The van der Waals surface area contributed by atoms with Gasteiger partial charge in [0.2, 0.25) is 11.8 Å². The Kier molecular flexibility index (Phi) is 6.94. The third-order valence-corrected chi connectivity index (χ3v) is 5.53. The summed E-state index contributed by atoms with van der Waals surface area (Å²) in [4.78, 5) is 37.5. The maximum Gasteiger partial charge on any atom is 0.266 e. The minimum atomic E-state index is -0.487. The summed E-state index contributed by atoms with van der Waals surface area (Å²) in [7, 11) is 0. The van der Waals surface area contributed by atoms with E-state index in [2.05, 4.69) is 23.7 Å². The summed E-state index contributed by atoms with van der Waals surface area (Å²) in [5.74, 6) is -0.327. The quantitative estimate of drug-likeness (QED) is 0.407.